The molecule has 35 heavy (non-hydrogen) atoms. The maximum atomic E-state index is 14.1. The topological polar surface area (TPSA) is 86.1 Å². The molecule has 1 amide bonds. The van der Waals surface area contributed by atoms with Crippen LogP contribution in [-0.2, 0) is 4.79 Å². The molecule has 7 nitrogen and oxygen atoms in total. The van der Waals surface area contributed by atoms with Crippen LogP contribution in [0.4, 0.5) is 10.1 Å². The number of hydrogen-bond acceptors (Lipinski definition) is 6. The quantitative estimate of drug-likeness (QED) is 0.247. The number of ketones is 1. The SMILES string of the molecule is CC(=O)c1ccc(NC(=O)CSc2nnc(C(C)Oc3ccccc3F)n2-c2ccccc2)cc1. The zero-order valence-corrected chi connectivity index (χ0v) is 20.0. The number of nitrogens with zero attached hydrogens (tertiary/aromatic N) is 3. The fourth-order valence-corrected chi connectivity index (χ4v) is 4.12. The van der Waals surface area contributed by atoms with Gasteiger partial charge in [-0.2, -0.15) is 0 Å². The highest BCUT2D eigenvalue weighted by Gasteiger charge is 2.22. The summed E-state index contributed by atoms with van der Waals surface area (Å²) in [6.45, 7) is 3.26. The number of ether oxygens (including phenoxy) is 1. The number of amides is 1. The maximum Gasteiger partial charge on any atom is 0.234 e. The lowest BCUT2D eigenvalue weighted by molar-refractivity contribution is -0.113. The molecule has 0 radical (unpaired) electrons. The van der Waals surface area contributed by atoms with Crippen LogP contribution in [0, 0.1) is 5.82 Å². The largest absolute Gasteiger partial charge is 0.480 e. The molecule has 1 N–H and O–H groups in total. The minimum absolute atomic E-state index is 0.0392. The molecule has 0 bridgehead atoms. The van der Waals surface area contributed by atoms with Crippen molar-refractivity contribution in [3.8, 4) is 11.4 Å². The van der Waals surface area contributed by atoms with Crippen LogP contribution in [0.5, 0.6) is 5.75 Å². The molecule has 1 aromatic heterocycles. The van der Waals surface area contributed by atoms with Gasteiger partial charge < -0.3 is 10.1 Å². The number of para-hydroxylation sites is 2. The Morgan fingerprint density at radius 2 is 1.69 bits per heavy atom. The van der Waals surface area contributed by atoms with Gasteiger partial charge in [-0.25, -0.2) is 4.39 Å². The second-order valence-electron chi connectivity index (χ2n) is 7.67. The molecule has 9 heteroatoms. The number of Topliss-reactive ketones (excluding diaryl/α,β-unsaturated/α-hetero) is 1. The van der Waals surface area contributed by atoms with Crippen molar-refractivity contribution in [3.05, 3.63) is 96.1 Å². The second-order valence-corrected chi connectivity index (χ2v) is 8.62. The third-order valence-corrected chi connectivity index (χ3v) is 6.01. The van der Waals surface area contributed by atoms with Gasteiger partial charge in [0, 0.05) is 16.9 Å². The van der Waals surface area contributed by atoms with Gasteiger partial charge >= 0.3 is 0 Å². The fourth-order valence-electron chi connectivity index (χ4n) is 3.36. The Labute approximate surface area is 206 Å². The summed E-state index contributed by atoms with van der Waals surface area (Å²) in [7, 11) is 0. The van der Waals surface area contributed by atoms with Crippen LogP contribution < -0.4 is 10.1 Å². The van der Waals surface area contributed by atoms with E-state index in [2.05, 4.69) is 15.5 Å². The monoisotopic (exact) mass is 490 g/mol. The molecular weight excluding hydrogens is 467 g/mol. The van der Waals surface area contributed by atoms with E-state index in [1.165, 1.54) is 24.8 Å². The Hall–Kier alpha value is -3.98. The summed E-state index contributed by atoms with van der Waals surface area (Å²) in [6.07, 6.45) is -0.609. The van der Waals surface area contributed by atoms with Crippen LogP contribution in [0.25, 0.3) is 5.69 Å². The summed E-state index contributed by atoms with van der Waals surface area (Å²) in [5.41, 5.74) is 1.96. The van der Waals surface area contributed by atoms with Gasteiger partial charge in [0.25, 0.3) is 0 Å². The molecule has 0 spiro atoms. The van der Waals surface area contributed by atoms with Gasteiger partial charge in [0.1, 0.15) is 0 Å². The fraction of sp³-hybridized carbons (Fsp3) is 0.154. The van der Waals surface area contributed by atoms with E-state index < -0.39 is 11.9 Å². The lowest BCUT2D eigenvalue weighted by Crippen LogP contribution is -2.15. The van der Waals surface area contributed by atoms with Crippen LogP contribution in [0.2, 0.25) is 0 Å². The number of aromatic nitrogens is 3. The minimum Gasteiger partial charge on any atom is -0.480 e. The number of halogens is 1. The molecule has 0 aliphatic heterocycles. The number of anilines is 1. The lowest BCUT2D eigenvalue weighted by Gasteiger charge is -2.17. The van der Waals surface area contributed by atoms with E-state index in [9.17, 15) is 14.0 Å². The molecule has 3 aromatic carbocycles. The molecule has 0 saturated heterocycles. The van der Waals surface area contributed by atoms with Crippen molar-refractivity contribution in [3.63, 3.8) is 0 Å². The summed E-state index contributed by atoms with van der Waals surface area (Å²) in [4.78, 5) is 24.0. The normalized spacial score (nSPS) is 11.6. The van der Waals surface area contributed by atoms with Gasteiger partial charge in [-0.05, 0) is 62.4 Å². The Morgan fingerprint density at radius 3 is 2.37 bits per heavy atom. The van der Waals surface area contributed by atoms with E-state index in [0.717, 1.165) is 5.69 Å². The smallest absolute Gasteiger partial charge is 0.234 e. The molecule has 0 fully saturated rings. The third kappa shape index (κ3) is 5.93. The highest BCUT2D eigenvalue weighted by Crippen LogP contribution is 2.29. The Balaban J connectivity index is 1.51. The third-order valence-electron chi connectivity index (χ3n) is 5.08. The van der Waals surface area contributed by atoms with E-state index in [4.69, 9.17) is 4.74 Å². The van der Waals surface area contributed by atoms with Crippen molar-refractivity contribution in [1.29, 1.82) is 0 Å². The van der Waals surface area contributed by atoms with Crippen LogP contribution in [0.1, 0.15) is 36.1 Å². The summed E-state index contributed by atoms with van der Waals surface area (Å²) < 4.78 is 21.7. The van der Waals surface area contributed by atoms with Crippen molar-refractivity contribution < 1.29 is 18.7 Å². The summed E-state index contributed by atoms with van der Waals surface area (Å²) in [6, 6.07) is 22.3. The van der Waals surface area contributed by atoms with E-state index in [0.29, 0.717) is 22.2 Å². The molecule has 4 aromatic rings. The van der Waals surface area contributed by atoms with Gasteiger partial charge in [-0.1, -0.05) is 42.1 Å². The minimum atomic E-state index is -0.609. The van der Waals surface area contributed by atoms with Crippen molar-refractivity contribution in [2.24, 2.45) is 0 Å². The Kier molecular flexibility index (Phi) is 7.57. The first-order valence-corrected chi connectivity index (χ1v) is 11.9. The van der Waals surface area contributed by atoms with Gasteiger partial charge in [0.05, 0.1) is 5.75 Å². The maximum absolute atomic E-state index is 14.1. The number of thioether (sulfide) groups is 1. The standard InChI is InChI=1S/C26H23FN4O3S/c1-17(32)19-12-14-20(15-13-19)28-24(33)16-35-26-30-29-25(31(26)21-8-4-3-5-9-21)18(2)34-23-11-7-6-10-22(23)27/h3-15,18H,16H2,1-2H3,(H,28,33). The highest BCUT2D eigenvalue weighted by molar-refractivity contribution is 7.99. The zero-order chi connectivity index (χ0) is 24.8. The van der Waals surface area contributed by atoms with Crippen LogP contribution >= 0.6 is 11.8 Å². The number of carbonyl (C=O) groups is 2. The van der Waals surface area contributed by atoms with Crippen LogP contribution in [0.3, 0.4) is 0 Å². The summed E-state index contributed by atoms with van der Waals surface area (Å²) >= 11 is 1.22. The first-order valence-electron chi connectivity index (χ1n) is 10.9. The highest BCUT2D eigenvalue weighted by atomic mass is 32.2. The van der Waals surface area contributed by atoms with Gasteiger partial charge in [0.2, 0.25) is 5.91 Å². The predicted molar refractivity (Wildman–Crippen MR) is 133 cm³/mol. The second kappa shape index (κ2) is 11.0. The molecular formula is C26H23FN4O3S. The number of carbonyl (C=O) groups excluding carboxylic acids is 2. The van der Waals surface area contributed by atoms with E-state index in [1.54, 1.807) is 54.0 Å². The van der Waals surface area contributed by atoms with Gasteiger partial charge in [0.15, 0.2) is 34.4 Å². The molecule has 1 heterocycles. The first-order chi connectivity index (χ1) is 16.9. The number of hydrogen-bond donors (Lipinski definition) is 1. The zero-order valence-electron chi connectivity index (χ0n) is 19.1. The molecule has 0 saturated carbocycles. The predicted octanol–water partition coefficient (Wildman–Crippen LogP) is 5.48. The van der Waals surface area contributed by atoms with Crippen molar-refractivity contribution in [2.45, 2.75) is 25.1 Å². The van der Waals surface area contributed by atoms with Crippen molar-refractivity contribution >= 4 is 29.1 Å². The molecule has 0 aliphatic carbocycles. The van der Waals surface area contributed by atoms with Crippen LogP contribution in [-0.4, -0.2) is 32.2 Å². The Bertz CT molecular complexity index is 1330. The summed E-state index contributed by atoms with van der Waals surface area (Å²) in [5, 5.41) is 11.9. The average molecular weight is 491 g/mol. The van der Waals surface area contributed by atoms with Gasteiger partial charge in [-0.3, -0.25) is 14.2 Å². The number of rotatable bonds is 9. The van der Waals surface area contributed by atoms with Gasteiger partial charge in [-0.15, -0.1) is 10.2 Å². The number of nitrogens with one attached hydrogen (secondary N) is 1. The molecule has 1 unspecified atom stereocenters. The first kappa shape index (κ1) is 24.2. The molecule has 178 valence electrons. The Morgan fingerprint density at radius 1 is 1.00 bits per heavy atom. The van der Waals surface area contributed by atoms with Crippen molar-refractivity contribution in [2.75, 3.05) is 11.1 Å². The summed E-state index contributed by atoms with van der Waals surface area (Å²) in [5.74, 6) is -0.0582. The van der Waals surface area contributed by atoms with E-state index >= 15 is 0 Å². The lowest BCUT2D eigenvalue weighted by atomic mass is 10.1. The van der Waals surface area contributed by atoms with E-state index in [-0.39, 0.29) is 23.2 Å². The van der Waals surface area contributed by atoms with Crippen LogP contribution in [0.15, 0.2) is 84.0 Å². The molecule has 0 aliphatic rings. The molecule has 1 atom stereocenters. The molecule has 4 rings (SSSR count). The van der Waals surface area contributed by atoms with Crippen molar-refractivity contribution in [1.82, 2.24) is 14.8 Å². The van der Waals surface area contributed by atoms with E-state index in [1.807, 2.05) is 30.3 Å². The average Bonchev–Trinajstić information content (AvgIpc) is 3.29. The number of benzene rings is 3.